The number of aromatic nitrogens is 2. The van der Waals surface area contributed by atoms with Crippen molar-refractivity contribution in [3.05, 3.63) is 52.7 Å². The van der Waals surface area contributed by atoms with Gasteiger partial charge >= 0.3 is 6.09 Å². The minimum atomic E-state index is -0.983. The van der Waals surface area contributed by atoms with Gasteiger partial charge in [0.1, 0.15) is 5.82 Å². The molecule has 1 aromatic heterocycles. The van der Waals surface area contributed by atoms with Gasteiger partial charge in [-0.2, -0.15) is 5.26 Å². The summed E-state index contributed by atoms with van der Waals surface area (Å²) in [6.07, 6.45) is 1.89. The zero-order chi connectivity index (χ0) is 24.5. The van der Waals surface area contributed by atoms with Crippen molar-refractivity contribution in [2.24, 2.45) is 0 Å². The monoisotopic (exact) mass is 508 g/mol. The number of hydrogen-bond donors (Lipinski definition) is 1. The Morgan fingerprint density at radius 3 is 2.74 bits per heavy atom. The van der Waals surface area contributed by atoms with E-state index in [1.807, 2.05) is 18.4 Å². The molecular formula is C25H25ClN6O2S. The van der Waals surface area contributed by atoms with Gasteiger partial charge in [-0.25, -0.2) is 14.8 Å². The summed E-state index contributed by atoms with van der Waals surface area (Å²) in [6.45, 7) is 2.76. The highest BCUT2D eigenvalue weighted by Crippen LogP contribution is 2.37. The van der Waals surface area contributed by atoms with E-state index in [0.29, 0.717) is 31.3 Å². The van der Waals surface area contributed by atoms with Crippen molar-refractivity contribution >= 4 is 51.7 Å². The Balaban J connectivity index is 1.49. The standard InChI is InChI=1S/C25H25ClN6O2S/c1-35-24-28-20-15-30(21-7-3-5-16-4-2-6-19(26)22(16)21)11-9-18(20)23(29-24)31-12-13-32(25(33)34)17(14-31)8-10-27/h2-7,17H,8-9,11-15H2,1H3,(H,33,34)/t17-/m0/s1. The minimum absolute atomic E-state index is 0.154. The molecule has 0 radical (unpaired) electrons. The maximum atomic E-state index is 11.7. The van der Waals surface area contributed by atoms with E-state index in [1.54, 1.807) is 0 Å². The number of amides is 1. The molecule has 2 aliphatic heterocycles. The fourth-order valence-corrected chi connectivity index (χ4v) is 5.72. The molecule has 0 aliphatic carbocycles. The number of nitrogens with zero attached hydrogens (tertiary/aromatic N) is 6. The number of piperazine rings is 1. The van der Waals surface area contributed by atoms with Gasteiger partial charge in [0.15, 0.2) is 5.16 Å². The molecule has 5 rings (SSSR count). The van der Waals surface area contributed by atoms with Crippen LogP contribution in [0.15, 0.2) is 41.6 Å². The van der Waals surface area contributed by atoms with Crippen LogP contribution in [0.5, 0.6) is 0 Å². The van der Waals surface area contributed by atoms with Crippen LogP contribution in [0.4, 0.5) is 16.3 Å². The van der Waals surface area contributed by atoms with Gasteiger partial charge in [-0.15, -0.1) is 0 Å². The lowest BCUT2D eigenvalue weighted by atomic mass is 10.0. The summed E-state index contributed by atoms with van der Waals surface area (Å²) in [7, 11) is 0. The average Bonchev–Trinajstić information content (AvgIpc) is 2.87. The van der Waals surface area contributed by atoms with Gasteiger partial charge in [-0.05, 0) is 30.2 Å². The first-order chi connectivity index (χ1) is 17.0. The van der Waals surface area contributed by atoms with E-state index in [2.05, 4.69) is 40.1 Å². The van der Waals surface area contributed by atoms with E-state index in [4.69, 9.17) is 21.6 Å². The summed E-state index contributed by atoms with van der Waals surface area (Å²) in [6, 6.07) is 13.9. The van der Waals surface area contributed by atoms with E-state index >= 15 is 0 Å². The van der Waals surface area contributed by atoms with Crippen LogP contribution in [0, 0.1) is 11.3 Å². The quantitative estimate of drug-likeness (QED) is 0.402. The maximum Gasteiger partial charge on any atom is 0.407 e. The Labute approximate surface area is 213 Å². The lowest BCUT2D eigenvalue weighted by molar-refractivity contribution is 0.119. The molecule has 35 heavy (non-hydrogen) atoms. The highest BCUT2D eigenvalue weighted by molar-refractivity contribution is 7.98. The molecule has 10 heteroatoms. The van der Waals surface area contributed by atoms with Crippen LogP contribution in [0.25, 0.3) is 10.8 Å². The zero-order valence-corrected chi connectivity index (χ0v) is 20.9. The molecule has 0 spiro atoms. The average molecular weight is 509 g/mol. The molecule has 0 unspecified atom stereocenters. The first-order valence-electron chi connectivity index (χ1n) is 11.5. The summed E-state index contributed by atoms with van der Waals surface area (Å²) < 4.78 is 0. The molecule has 1 N–H and O–H groups in total. The highest BCUT2D eigenvalue weighted by atomic mass is 35.5. The molecule has 1 fully saturated rings. The Morgan fingerprint density at radius 2 is 2.00 bits per heavy atom. The molecule has 1 amide bonds. The molecule has 2 aliphatic rings. The van der Waals surface area contributed by atoms with Gasteiger partial charge in [0.2, 0.25) is 0 Å². The molecule has 1 atom stereocenters. The van der Waals surface area contributed by atoms with Crippen molar-refractivity contribution in [2.75, 3.05) is 42.2 Å². The molecule has 0 bridgehead atoms. The second-order valence-electron chi connectivity index (χ2n) is 8.68. The zero-order valence-electron chi connectivity index (χ0n) is 19.3. The van der Waals surface area contributed by atoms with Crippen LogP contribution >= 0.6 is 23.4 Å². The predicted octanol–water partition coefficient (Wildman–Crippen LogP) is 4.65. The van der Waals surface area contributed by atoms with Gasteiger partial charge < -0.3 is 19.8 Å². The number of benzene rings is 2. The van der Waals surface area contributed by atoms with E-state index in [0.717, 1.165) is 51.5 Å². The summed E-state index contributed by atoms with van der Waals surface area (Å²) in [4.78, 5) is 27.2. The first-order valence-corrected chi connectivity index (χ1v) is 13.1. The van der Waals surface area contributed by atoms with Crippen LogP contribution in [0.3, 0.4) is 0 Å². The van der Waals surface area contributed by atoms with Crippen LogP contribution < -0.4 is 9.80 Å². The van der Waals surface area contributed by atoms with Crippen LogP contribution in [0.2, 0.25) is 5.02 Å². The van der Waals surface area contributed by atoms with E-state index < -0.39 is 6.09 Å². The third kappa shape index (κ3) is 4.44. The Kier molecular flexibility index (Phi) is 6.58. The number of hydrogen-bond acceptors (Lipinski definition) is 7. The number of thioether (sulfide) groups is 1. The number of carboxylic acid groups (broad SMARTS) is 1. The smallest absolute Gasteiger partial charge is 0.407 e. The van der Waals surface area contributed by atoms with Gasteiger partial charge in [-0.1, -0.05) is 47.6 Å². The maximum absolute atomic E-state index is 11.7. The Bertz CT molecular complexity index is 1320. The topological polar surface area (TPSA) is 96.6 Å². The van der Waals surface area contributed by atoms with Crippen molar-refractivity contribution in [1.29, 1.82) is 5.26 Å². The molecule has 8 nitrogen and oxygen atoms in total. The number of carbonyl (C=O) groups is 1. The molecule has 2 aromatic carbocycles. The van der Waals surface area contributed by atoms with Crippen molar-refractivity contribution in [1.82, 2.24) is 14.9 Å². The third-order valence-corrected chi connectivity index (χ3v) is 7.60. The summed E-state index contributed by atoms with van der Waals surface area (Å²) in [5.74, 6) is 0.864. The molecule has 3 aromatic rings. The number of halogens is 1. The van der Waals surface area contributed by atoms with Crippen molar-refractivity contribution in [3.8, 4) is 6.07 Å². The number of nitriles is 1. The van der Waals surface area contributed by atoms with E-state index in [9.17, 15) is 15.2 Å². The number of rotatable bonds is 4. The minimum Gasteiger partial charge on any atom is -0.465 e. The van der Waals surface area contributed by atoms with Crippen molar-refractivity contribution in [3.63, 3.8) is 0 Å². The first kappa shape index (κ1) is 23.5. The van der Waals surface area contributed by atoms with Crippen molar-refractivity contribution in [2.45, 2.75) is 30.6 Å². The second-order valence-corrected chi connectivity index (χ2v) is 9.86. The van der Waals surface area contributed by atoms with Gasteiger partial charge in [0.25, 0.3) is 0 Å². The van der Waals surface area contributed by atoms with Crippen LogP contribution in [0.1, 0.15) is 17.7 Å². The summed E-state index contributed by atoms with van der Waals surface area (Å²) >= 11 is 8.09. The Morgan fingerprint density at radius 1 is 1.20 bits per heavy atom. The largest absolute Gasteiger partial charge is 0.465 e. The van der Waals surface area contributed by atoms with Crippen molar-refractivity contribution < 1.29 is 9.90 Å². The summed E-state index contributed by atoms with van der Waals surface area (Å²) in [5.41, 5.74) is 3.17. The second kappa shape index (κ2) is 9.80. The lowest BCUT2D eigenvalue weighted by Crippen LogP contribution is -2.55. The Hall–Kier alpha value is -3.22. The van der Waals surface area contributed by atoms with Crippen LogP contribution in [-0.4, -0.2) is 64.5 Å². The fourth-order valence-electron chi connectivity index (χ4n) is 5.07. The summed E-state index contributed by atoms with van der Waals surface area (Å²) in [5, 5.41) is 22.4. The van der Waals surface area contributed by atoms with Crippen LogP contribution in [-0.2, 0) is 13.0 Å². The normalized spacial score (nSPS) is 17.9. The third-order valence-electron chi connectivity index (χ3n) is 6.73. The van der Waals surface area contributed by atoms with Gasteiger partial charge in [-0.3, -0.25) is 0 Å². The molecule has 1 saturated heterocycles. The molecule has 3 heterocycles. The van der Waals surface area contributed by atoms with Gasteiger partial charge in [0, 0.05) is 42.8 Å². The number of anilines is 2. The predicted molar refractivity (Wildman–Crippen MR) is 138 cm³/mol. The van der Waals surface area contributed by atoms with E-state index in [-0.39, 0.29) is 12.5 Å². The molecule has 0 saturated carbocycles. The fraction of sp³-hybridized carbons (Fsp3) is 0.360. The lowest BCUT2D eigenvalue weighted by Gasteiger charge is -2.41. The number of fused-ring (bicyclic) bond motifs is 2. The SMILES string of the molecule is CSc1nc2c(c(N3CCN(C(=O)O)[C@@H](CC#N)C3)n1)CCN(c1cccc3cccc(Cl)c13)C2. The molecule has 180 valence electrons. The molecular weight excluding hydrogens is 484 g/mol. The van der Waals surface area contributed by atoms with E-state index in [1.165, 1.54) is 16.7 Å². The van der Waals surface area contributed by atoms with Gasteiger partial charge in [0.05, 0.1) is 35.8 Å². The highest BCUT2D eigenvalue weighted by Gasteiger charge is 2.33.